The third-order valence-electron chi connectivity index (χ3n) is 3.38. The van der Waals surface area contributed by atoms with Crippen molar-refractivity contribution in [1.82, 2.24) is 4.90 Å². The number of benzene rings is 1. The molecule has 1 aromatic rings. The number of hydrogen-bond acceptors (Lipinski definition) is 2. The summed E-state index contributed by atoms with van der Waals surface area (Å²) in [7, 11) is 0. The quantitative estimate of drug-likeness (QED) is 0.863. The van der Waals surface area contributed by atoms with Gasteiger partial charge in [-0.3, -0.25) is 4.90 Å². The average Bonchev–Trinajstić information content (AvgIpc) is 2.34. The van der Waals surface area contributed by atoms with E-state index in [9.17, 15) is 4.39 Å². The van der Waals surface area contributed by atoms with E-state index in [2.05, 4.69) is 20.8 Å². The lowest BCUT2D eigenvalue weighted by Gasteiger charge is -2.31. The van der Waals surface area contributed by atoms with Crippen LogP contribution in [-0.2, 0) is 6.54 Å². The third kappa shape index (κ3) is 3.49. The van der Waals surface area contributed by atoms with E-state index in [1.165, 1.54) is 6.07 Å². The molecule has 2 rings (SSSR count). The van der Waals surface area contributed by atoms with E-state index in [1.54, 1.807) is 0 Å². The van der Waals surface area contributed by atoms with E-state index in [0.29, 0.717) is 15.4 Å². The molecule has 1 fully saturated rings. The van der Waals surface area contributed by atoms with E-state index in [0.717, 1.165) is 38.0 Å². The first kappa shape index (κ1) is 13.9. The fourth-order valence-corrected chi connectivity index (χ4v) is 2.93. The van der Waals surface area contributed by atoms with Crippen LogP contribution in [0.2, 0.25) is 0 Å². The van der Waals surface area contributed by atoms with Gasteiger partial charge in [-0.1, -0.05) is 18.3 Å². The molecule has 0 radical (unpaired) electrons. The van der Waals surface area contributed by atoms with Gasteiger partial charge in [0.15, 0.2) is 0 Å². The van der Waals surface area contributed by atoms with Crippen LogP contribution in [0.1, 0.15) is 18.4 Å². The molecule has 0 spiro atoms. The van der Waals surface area contributed by atoms with E-state index in [1.807, 2.05) is 12.1 Å². The Hall–Kier alpha value is -0.520. The summed E-state index contributed by atoms with van der Waals surface area (Å²) in [5.41, 5.74) is 6.79. The van der Waals surface area contributed by atoms with Crippen molar-refractivity contribution in [2.75, 3.05) is 13.1 Å². The lowest BCUT2D eigenvalue weighted by atomic mass is 9.96. The molecule has 1 heterocycles. The van der Waals surface area contributed by atoms with Gasteiger partial charge in [0.1, 0.15) is 5.82 Å². The summed E-state index contributed by atoms with van der Waals surface area (Å²) >= 11 is 8.24. The maximum absolute atomic E-state index is 13.1. The number of halogens is 2. The van der Waals surface area contributed by atoms with Gasteiger partial charge >= 0.3 is 0 Å². The maximum Gasteiger partial charge on any atom is 0.137 e. The SMILES string of the molecule is NC(=S)C1CCN(Cc2ccc(F)c(Br)c2)CC1. The highest BCUT2D eigenvalue weighted by Gasteiger charge is 2.20. The van der Waals surface area contributed by atoms with E-state index in [4.69, 9.17) is 18.0 Å². The minimum Gasteiger partial charge on any atom is -0.393 e. The first-order valence-electron chi connectivity index (χ1n) is 6.02. The van der Waals surface area contributed by atoms with E-state index >= 15 is 0 Å². The average molecular weight is 331 g/mol. The normalized spacial score (nSPS) is 17.9. The molecule has 0 saturated carbocycles. The number of likely N-dealkylation sites (tertiary alicyclic amines) is 1. The van der Waals surface area contributed by atoms with Gasteiger partial charge < -0.3 is 5.73 Å². The lowest BCUT2D eigenvalue weighted by molar-refractivity contribution is 0.202. The van der Waals surface area contributed by atoms with Crippen LogP contribution in [0.3, 0.4) is 0 Å². The van der Waals surface area contributed by atoms with Crippen molar-refractivity contribution in [3.8, 4) is 0 Å². The predicted molar refractivity (Wildman–Crippen MR) is 78.9 cm³/mol. The molecule has 0 atom stereocenters. The number of rotatable bonds is 3. The van der Waals surface area contributed by atoms with Gasteiger partial charge in [0, 0.05) is 12.5 Å². The summed E-state index contributed by atoms with van der Waals surface area (Å²) in [5, 5.41) is 0. The highest BCUT2D eigenvalue weighted by molar-refractivity contribution is 9.10. The van der Waals surface area contributed by atoms with Gasteiger partial charge in [0.25, 0.3) is 0 Å². The minimum absolute atomic E-state index is 0.217. The first-order valence-corrected chi connectivity index (χ1v) is 7.22. The summed E-state index contributed by atoms with van der Waals surface area (Å²) < 4.78 is 13.7. The number of thiocarbonyl (C=S) groups is 1. The van der Waals surface area contributed by atoms with Gasteiger partial charge in [0.05, 0.1) is 9.46 Å². The second kappa shape index (κ2) is 6.08. The van der Waals surface area contributed by atoms with Crippen molar-refractivity contribution in [3.63, 3.8) is 0 Å². The second-order valence-electron chi connectivity index (χ2n) is 4.70. The molecule has 1 aliphatic rings. The van der Waals surface area contributed by atoms with Crippen LogP contribution < -0.4 is 5.73 Å². The fourth-order valence-electron chi connectivity index (χ4n) is 2.27. The Bertz CT molecular complexity index is 445. The van der Waals surface area contributed by atoms with Crippen LogP contribution >= 0.6 is 28.1 Å². The number of hydrogen-bond donors (Lipinski definition) is 1. The van der Waals surface area contributed by atoms with Gasteiger partial charge in [-0.15, -0.1) is 0 Å². The summed E-state index contributed by atoms with van der Waals surface area (Å²) in [6.07, 6.45) is 2.05. The van der Waals surface area contributed by atoms with Crippen molar-refractivity contribution in [2.24, 2.45) is 11.7 Å². The Morgan fingerprint density at radius 3 is 2.67 bits per heavy atom. The molecule has 1 aromatic carbocycles. The van der Waals surface area contributed by atoms with Crippen LogP contribution in [0.4, 0.5) is 4.39 Å². The molecule has 2 nitrogen and oxygen atoms in total. The molecule has 2 N–H and O–H groups in total. The van der Waals surface area contributed by atoms with Gasteiger partial charge in [0.2, 0.25) is 0 Å². The molecule has 1 saturated heterocycles. The van der Waals surface area contributed by atoms with Crippen molar-refractivity contribution in [1.29, 1.82) is 0 Å². The smallest absolute Gasteiger partial charge is 0.137 e. The van der Waals surface area contributed by atoms with Crippen LogP contribution in [0, 0.1) is 11.7 Å². The predicted octanol–water partition coefficient (Wildman–Crippen LogP) is 3.09. The zero-order chi connectivity index (χ0) is 13.1. The highest BCUT2D eigenvalue weighted by Crippen LogP contribution is 2.21. The molecule has 18 heavy (non-hydrogen) atoms. The number of nitrogens with two attached hydrogens (primary N) is 1. The number of piperidine rings is 1. The van der Waals surface area contributed by atoms with Crippen LogP contribution in [0.25, 0.3) is 0 Å². The Morgan fingerprint density at radius 2 is 2.11 bits per heavy atom. The molecule has 0 unspecified atom stereocenters. The van der Waals surface area contributed by atoms with Gasteiger partial charge in [-0.25, -0.2) is 4.39 Å². The molecule has 0 aliphatic carbocycles. The largest absolute Gasteiger partial charge is 0.393 e. The van der Waals surface area contributed by atoms with Gasteiger partial charge in [-0.2, -0.15) is 0 Å². The molecule has 0 bridgehead atoms. The second-order valence-corrected chi connectivity index (χ2v) is 6.03. The fraction of sp³-hybridized carbons (Fsp3) is 0.462. The van der Waals surface area contributed by atoms with Gasteiger partial charge in [-0.05, 0) is 59.6 Å². The van der Waals surface area contributed by atoms with Crippen molar-refractivity contribution < 1.29 is 4.39 Å². The topological polar surface area (TPSA) is 29.3 Å². The maximum atomic E-state index is 13.1. The van der Waals surface area contributed by atoms with Crippen LogP contribution in [-0.4, -0.2) is 23.0 Å². The molecule has 0 amide bonds. The third-order valence-corrected chi connectivity index (χ3v) is 4.32. The lowest BCUT2D eigenvalue weighted by Crippen LogP contribution is -2.37. The monoisotopic (exact) mass is 330 g/mol. The molecular formula is C13H16BrFN2S. The zero-order valence-electron chi connectivity index (χ0n) is 10.0. The van der Waals surface area contributed by atoms with Crippen molar-refractivity contribution >= 4 is 33.1 Å². The molecule has 0 aromatic heterocycles. The first-order chi connectivity index (χ1) is 8.56. The molecule has 5 heteroatoms. The standard InChI is InChI=1S/C13H16BrFN2S/c14-11-7-9(1-2-12(11)15)8-17-5-3-10(4-6-17)13(16)18/h1-2,7,10H,3-6,8H2,(H2,16,18). The Morgan fingerprint density at radius 1 is 1.44 bits per heavy atom. The molecule has 98 valence electrons. The molecule has 1 aliphatic heterocycles. The molecular weight excluding hydrogens is 315 g/mol. The Kier molecular flexibility index (Phi) is 4.70. The number of nitrogens with zero attached hydrogens (tertiary/aromatic N) is 1. The Balaban J connectivity index is 1.91. The highest BCUT2D eigenvalue weighted by atomic mass is 79.9. The summed E-state index contributed by atoms with van der Waals surface area (Å²) in [5.74, 6) is 0.169. The van der Waals surface area contributed by atoms with Crippen LogP contribution in [0.15, 0.2) is 22.7 Å². The van der Waals surface area contributed by atoms with E-state index in [-0.39, 0.29) is 5.82 Å². The van der Waals surface area contributed by atoms with E-state index < -0.39 is 0 Å². The summed E-state index contributed by atoms with van der Waals surface area (Å²) in [6.45, 7) is 2.84. The van der Waals surface area contributed by atoms with Crippen LogP contribution in [0.5, 0.6) is 0 Å². The van der Waals surface area contributed by atoms with Crippen molar-refractivity contribution in [2.45, 2.75) is 19.4 Å². The Labute approximate surface area is 120 Å². The zero-order valence-corrected chi connectivity index (χ0v) is 12.4. The van der Waals surface area contributed by atoms with Crippen molar-refractivity contribution in [3.05, 3.63) is 34.1 Å². The minimum atomic E-state index is -0.217. The summed E-state index contributed by atoms with van der Waals surface area (Å²) in [6, 6.07) is 5.18. The summed E-state index contributed by atoms with van der Waals surface area (Å²) in [4.78, 5) is 2.99.